The van der Waals surface area contributed by atoms with Gasteiger partial charge < -0.3 is 11.1 Å². The maximum absolute atomic E-state index is 11.3. The van der Waals surface area contributed by atoms with Gasteiger partial charge in [0.05, 0.1) is 6.54 Å². The van der Waals surface area contributed by atoms with Crippen LogP contribution >= 0.6 is 23.4 Å². The topological polar surface area (TPSA) is 72.2 Å². The average molecular weight is 287 g/mol. The molecule has 0 aromatic heterocycles. The van der Waals surface area contributed by atoms with E-state index < -0.39 is 5.91 Å². The van der Waals surface area contributed by atoms with E-state index in [9.17, 15) is 9.59 Å². The van der Waals surface area contributed by atoms with Crippen LogP contribution in [0.2, 0.25) is 5.02 Å². The molecule has 1 aromatic carbocycles. The van der Waals surface area contributed by atoms with Gasteiger partial charge in [-0.05, 0) is 36.4 Å². The predicted octanol–water partition coefficient (Wildman–Crippen LogP) is 1.81. The number of thioether (sulfide) groups is 1. The maximum atomic E-state index is 11.3. The lowest BCUT2D eigenvalue weighted by atomic mass is 10.3. The van der Waals surface area contributed by atoms with Crippen LogP contribution in [0.15, 0.2) is 29.2 Å². The van der Waals surface area contributed by atoms with Crippen LogP contribution in [0.3, 0.4) is 0 Å². The van der Waals surface area contributed by atoms with Crippen molar-refractivity contribution in [2.45, 2.75) is 17.7 Å². The Morgan fingerprint density at radius 1 is 1.28 bits per heavy atom. The van der Waals surface area contributed by atoms with Crippen molar-refractivity contribution in [3.8, 4) is 0 Å². The highest BCUT2D eigenvalue weighted by molar-refractivity contribution is 7.99. The van der Waals surface area contributed by atoms with E-state index in [4.69, 9.17) is 17.3 Å². The van der Waals surface area contributed by atoms with Crippen LogP contribution in [0.4, 0.5) is 0 Å². The van der Waals surface area contributed by atoms with Crippen molar-refractivity contribution in [2.24, 2.45) is 5.73 Å². The molecule has 0 fully saturated rings. The van der Waals surface area contributed by atoms with Crippen LogP contribution in [-0.4, -0.2) is 24.1 Å². The molecule has 18 heavy (non-hydrogen) atoms. The molecule has 0 aliphatic heterocycles. The maximum Gasteiger partial charge on any atom is 0.236 e. The van der Waals surface area contributed by atoms with Gasteiger partial charge in [0.2, 0.25) is 11.8 Å². The number of hydrogen-bond donors (Lipinski definition) is 2. The molecule has 0 aliphatic carbocycles. The van der Waals surface area contributed by atoms with E-state index in [1.807, 2.05) is 24.3 Å². The number of halogens is 1. The third kappa shape index (κ3) is 6.51. The molecule has 0 unspecified atom stereocenters. The molecular weight excluding hydrogens is 272 g/mol. The molecule has 6 heteroatoms. The molecule has 0 saturated heterocycles. The van der Waals surface area contributed by atoms with E-state index in [0.29, 0.717) is 11.4 Å². The van der Waals surface area contributed by atoms with Crippen molar-refractivity contribution < 1.29 is 9.59 Å². The largest absolute Gasteiger partial charge is 0.368 e. The number of nitrogens with one attached hydrogen (secondary N) is 1. The van der Waals surface area contributed by atoms with Crippen LogP contribution in [0.1, 0.15) is 12.8 Å². The van der Waals surface area contributed by atoms with Gasteiger partial charge in [-0.3, -0.25) is 9.59 Å². The van der Waals surface area contributed by atoms with E-state index in [1.54, 1.807) is 11.8 Å². The van der Waals surface area contributed by atoms with Crippen molar-refractivity contribution in [2.75, 3.05) is 12.3 Å². The number of amides is 2. The van der Waals surface area contributed by atoms with Crippen molar-refractivity contribution in [3.63, 3.8) is 0 Å². The van der Waals surface area contributed by atoms with Crippen molar-refractivity contribution in [1.82, 2.24) is 5.32 Å². The van der Waals surface area contributed by atoms with Gasteiger partial charge in [-0.25, -0.2) is 0 Å². The number of hydrogen-bond acceptors (Lipinski definition) is 3. The molecule has 4 nitrogen and oxygen atoms in total. The Hall–Kier alpha value is -1.20. The number of carbonyl (C=O) groups excluding carboxylic acids is 2. The molecule has 0 radical (unpaired) electrons. The summed E-state index contributed by atoms with van der Waals surface area (Å²) >= 11 is 7.44. The molecular formula is C12H15ClN2O2S. The minimum absolute atomic E-state index is 0.0941. The van der Waals surface area contributed by atoms with Gasteiger partial charge in [-0.15, -0.1) is 11.8 Å². The summed E-state index contributed by atoms with van der Waals surface area (Å²) in [5.74, 6) is 0.162. The fourth-order valence-corrected chi connectivity index (χ4v) is 2.21. The number of nitrogens with two attached hydrogens (primary N) is 1. The monoisotopic (exact) mass is 286 g/mol. The van der Waals surface area contributed by atoms with E-state index >= 15 is 0 Å². The summed E-state index contributed by atoms with van der Waals surface area (Å²) in [6.07, 6.45) is 1.14. The Morgan fingerprint density at radius 2 is 1.94 bits per heavy atom. The predicted molar refractivity (Wildman–Crippen MR) is 73.6 cm³/mol. The van der Waals surface area contributed by atoms with Crippen LogP contribution < -0.4 is 11.1 Å². The van der Waals surface area contributed by atoms with Gasteiger partial charge in [-0.2, -0.15) is 0 Å². The zero-order valence-corrected chi connectivity index (χ0v) is 11.4. The van der Waals surface area contributed by atoms with Crippen molar-refractivity contribution in [3.05, 3.63) is 29.3 Å². The minimum Gasteiger partial charge on any atom is -0.368 e. The zero-order valence-electron chi connectivity index (χ0n) is 9.82. The van der Waals surface area contributed by atoms with Gasteiger partial charge in [0.25, 0.3) is 0 Å². The average Bonchev–Trinajstić information content (AvgIpc) is 2.34. The Labute approximate surface area is 115 Å². The Kier molecular flexibility index (Phi) is 6.60. The molecule has 1 aromatic rings. The highest BCUT2D eigenvalue weighted by Gasteiger charge is 2.02. The number of benzene rings is 1. The van der Waals surface area contributed by atoms with E-state index in [2.05, 4.69) is 5.32 Å². The molecule has 2 amide bonds. The molecule has 0 atom stereocenters. The van der Waals surface area contributed by atoms with Gasteiger partial charge in [0, 0.05) is 16.3 Å². The van der Waals surface area contributed by atoms with Gasteiger partial charge in [0.15, 0.2) is 0 Å². The number of primary amides is 1. The van der Waals surface area contributed by atoms with Crippen molar-refractivity contribution in [1.29, 1.82) is 0 Å². The highest BCUT2D eigenvalue weighted by Crippen LogP contribution is 2.21. The molecule has 0 bridgehead atoms. The highest BCUT2D eigenvalue weighted by atomic mass is 35.5. The quantitative estimate of drug-likeness (QED) is 0.593. The molecule has 3 N–H and O–H groups in total. The summed E-state index contributed by atoms with van der Waals surface area (Å²) in [5.41, 5.74) is 4.92. The van der Waals surface area contributed by atoms with Crippen LogP contribution in [0, 0.1) is 0 Å². The molecule has 0 saturated carbocycles. The fraction of sp³-hybridized carbons (Fsp3) is 0.333. The van der Waals surface area contributed by atoms with E-state index in [0.717, 1.165) is 17.1 Å². The van der Waals surface area contributed by atoms with Gasteiger partial charge >= 0.3 is 0 Å². The lowest BCUT2D eigenvalue weighted by Crippen LogP contribution is -2.33. The molecule has 0 aliphatic rings. The number of carbonyl (C=O) groups is 2. The van der Waals surface area contributed by atoms with E-state index in [-0.39, 0.29) is 12.5 Å². The minimum atomic E-state index is -0.529. The lowest BCUT2D eigenvalue weighted by Gasteiger charge is -2.03. The first-order valence-corrected chi connectivity index (χ1v) is 6.87. The zero-order chi connectivity index (χ0) is 13.4. The summed E-state index contributed by atoms with van der Waals surface area (Å²) < 4.78 is 0. The SMILES string of the molecule is NC(=O)CNC(=O)CCCSc1ccc(Cl)cc1. The molecule has 0 heterocycles. The summed E-state index contributed by atoms with van der Waals surface area (Å²) in [4.78, 5) is 22.8. The second-order valence-electron chi connectivity index (χ2n) is 3.65. The van der Waals surface area contributed by atoms with E-state index in [1.165, 1.54) is 0 Å². The second-order valence-corrected chi connectivity index (χ2v) is 5.25. The second kappa shape index (κ2) is 8.00. The molecule has 0 spiro atoms. The lowest BCUT2D eigenvalue weighted by molar-refractivity contribution is -0.124. The first-order chi connectivity index (χ1) is 8.58. The van der Waals surface area contributed by atoms with Crippen LogP contribution in [0.25, 0.3) is 0 Å². The molecule has 1 rings (SSSR count). The smallest absolute Gasteiger partial charge is 0.236 e. The summed E-state index contributed by atoms with van der Waals surface area (Å²) in [6.45, 7) is -0.0941. The first-order valence-electron chi connectivity index (χ1n) is 5.51. The Bertz CT molecular complexity index is 409. The third-order valence-corrected chi connectivity index (χ3v) is 3.44. The van der Waals surface area contributed by atoms with Gasteiger partial charge in [-0.1, -0.05) is 11.6 Å². The Balaban J connectivity index is 2.13. The first kappa shape index (κ1) is 14.9. The summed E-state index contributed by atoms with van der Waals surface area (Å²) in [6, 6.07) is 7.56. The standard InChI is InChI=1S/C12H15ClN2O2S/c13-9-3-5-10(6-4-9)18-7-1-2-12(17)15-8-11(14)16/h3-6H,1-2,7-8H2,(H2,14,16)(H,15,17). The normalized spacial score (nSPS) is 10.1. The van der Waals surface area contributed by atoms with Gasteiger partial charge in [0.1, 0.15) is 0 Å². The summed E-state index contributed by atoms with van der Waals surface area (Å²) in [7, 11) is 0. The third-order valence-electron chi connectivity index (χ3n) is 2.09. The fourth-order valence-electron chi connectivity index (χ4n) is 1.23. The Morgan fingerprint density at radius 3 is 2.56 bits per heavy atom. The molecule has 98 valence electrons. The summed E-state index contributed by atoms with van der Waals surface area (Å²) in [5, 5.41) is 3.16. The van der Waals surface area contributed by atoms with Crippen molar-refractivity contribution >= 4 is 35.2 Å². The van der Waals surface area contributed by atoms with Crippen LogP contribution in [0.5, 0.6) is 0 Å². The van der Waals surface area contributed by atoms with Crippen LogP contribution in [-0.2, 0) is 9.59 Å². The number of rotatable bonds is 7.